The average molecular weight is 833 g/mol. The van der Waals surface area contributed by atoms with Crippen LogP contribution in [0, 0.1) is 11.8 Å². The largest absolute Gasteiger partial charge is 0.416 e. The summed E-state index contributed by atoms with van der Waals surface area (Å²) in [5.41, 5.74) is 3.36. The Kier molecular flexibility index (Phi) is 14.9. The molecule has 0 radical (unpaired) electrons. The number of halogens is 6. The topological polar surface area (TPSA) is 23.6 Å². The lowest BCUT2D eigenvalue weighted by molar-refractivity contribution is -0.143. The Morgan fingerprint density at radius 1 is 0.567 bits per heavy atom. The molecule has 0 aromatic heterocycles. The van der Waals surface area contributed by atoms with Gasteiger partial charge < -0.3 is 9.80 Å². The van der Waals surface area contributed by atoms with E-state index in [-0.39, 0.29) is 18.7 Å². The van der Waals surface area contributed by atoms with E-state index in [9.17, 15) is 31.1 Å². The molecule has 0 N–H and O–H groups in total. The Balaban J connectivity index is 0.000000198. The molecule has 4 aromatic carbocycles. The Morgan fingerprint density at radius 3 is 1.48 bits per heavy atom. The molecule has 2 atom stereocenters. The van der Waals surface area contributed by atoms with Crippen LogP contribution >= 0.6 is 0 Å². The highest BCUT2D eigenvalue weighted by Gasteiger charge is 2.48. The fourth-order valence-electron chi connectivity index (χ4n) is 10.1. The summed E-state index contributed by atoms with van der Waals surface area (Å²) in [6.45, 7) is 5.01. The second kappa shape index (κ2) is 19.7. The molecule has 9 heteroatoms. The quantitative estimate of drug-likeness (QED) is 0.141. The number of benzene rings is 4. The lowest BCUT2D eigenvalue weighted by Gasteiger charge is -2.47. The highest BCUT2D eigenvalue weighted by atomic mass is 19.4. The molecule has 8 rings (SSSR count). The van der Waals surface area contributed by atoms with Crippen LogP contribution in [0.1, 0.15) is 118 Å². The van der Waals surface area contributed by atoms with Crippen LogP contribution in [-0.4, -0.2) is 48.4 Å². The van der Waals surface area contributed by atoms with Gasteiger partial charge in [0, 0.05) is 31.6 Å². The molecule has 4 aromatic rings. The Hall–Kier alpha value is -4.11. The molecule has 1 amide bonds. The maximum absolute atomic E-state index is 13.5. The van der Waals surface area contributed by atoms with Gasteiger partial charge in [0.2, 0.25) is 5.91 Å². The van der Waals surface area contributed by atoms with Gasteiger partial charge in [0.25, 0.3) is 0 Å². The van der Waals surface area contributed by atoms with Crippen molar-refractivity contribution in [2.75, 3.05) is 32.7 Å². The minimum absolute atomic E-state index is 0. The normalized spacial score (nSPS) is 21.3. The summed E-state index contributed by atoms with van der Waals surface area (Å²) in [6.07, 6.45) is 6.35. The van der Waals surface area contributed by atoms with Crippen molar-refractivity contribution in [2.24, 2.45) is 11.8 Å². The predicted octanol–water partition coefficient (Wildman–Crippen LogP) is 13.1. The molecular weight excluding hydrogens is 771 g/mol. The second-order valence-corrected chi connectivity index (χ2v) is 17.8. The number of likely N-dealkylation sites (tertiary alicyclic amines) is 2. The van der Waals surface area contributed by atoms with E-state index >= 15 is 0 Å². The van der Waals surface area contributed by atoms with Crippen molar-refractivity contribution in [3.05, 3.63) is 143 Å². The first-order chi connectivity index (χ1) is 28.3. The van der Waals surface area contributed by atoms with Crippen molar-refractivity contribution in [1.82, 2.24) is 9.80 Å². The highest BCUT2D eigenvalue weighted by Crippen LogP contribution is 2.46. The Bertz CT molecular complexity index is 1920. The van der Waals surface area contributed by atoms with Gasteiger partial charge >= 0.3 is 12.4 Å². The molecule has 60 heavy (non-hydrogen) atoms. The average Bonchev–Trinajstić information content (AvgIpc) is 3.21. The van der Waals surface area contributed by atoms with Crippen LogP contribution in [0.15, 0.2) is 109 Å². The summed E-state index contributed by atoms with van der Waals surface area (Å²) >= 11 is 0. The third kappa shape index (κ3) is 11.0. The van der Waals surface area contributed by atoms with Crippen LogP contribution < -0.4 is 0 Å². The number of piperidine rings is 2. The standard InChI is InChI=1S/C25H28F3NO.C25H30F3N.CH4/c26-25(27,28)22-13-11-19(12-14-22)9-10-20-6-4-17-29(18-20)23(30)24(15-5-16-24)21-7-2-1-3-8-21;26-25(27,28)23-13-11-20(12-14-23)9-10-21-6-4-17-29(18-21)19-24(15-5-16-24)22-7-2-1-3-8-22;/h1-3,7-8,11-14,20H,4-6,9-10,15-18H2;1-3,7-8,11-14,21H,4-6,9-10,15-19H2;1H4. The van der Waals surface area contributed by atoms with E-state index in [2.05, 4.69) is 47.4 Å². The SMILES string of the molecule is C.FC(F)(F)c1ccc(CCC2CCCN(CC3(c4ccccc4)CCC3)C2)cc1.O=C(N1CCCC(CCc2ccc(C(F)(F)F)cc2)C1)C1(c2ccccc2)CCC1. The first kappa shape index (κ1) is 45.4. The highest BCUT2D eigenvalue weighted by molar-refractivity contribution is 5.89. The number of amides is 1. The van der Waals surface area contributed by atoms with Gasteiger partial charge in [-0.25, -0.2) is 0 Å². The summed E-state index contributed by atoms with van der Waals surface area (Å²) in [4.78, 5) is 18.2. The number of aryl methyl sites for hydroxylation is 2. The zero-order valence-electron chi connectivity index (χ0n) is 34.1. The fourth-order valence-corrected chi connectivity index (χ4v) is 10.1. The van der Waals surface area contributed by atoms with Crippen LogP contribution in [0.3, 0.4) is 0 Å². The van der Waals surface area contributed by atoms with Gasteiger partial charge in [0.15, 0.2) is 0 Å². The molecule has 0 spiro atoms. The Labute approximate surface area is 353 Å². The number of nitrogens with zero attached hydrogens (tertiary/aromatic N) is 2. The van der Waals surface area contributed by atoms with E-state index in [1.54, 1.807) is 24.3 Å². The van der Waals surface area contributed by atoms with Crippen molar-refractivity contribution < 1.29 is 31.1 Å². The molecule has 0 bridgehead atoms. The molecule has 2 unspecified atom stereocenters. The van der Waals surface area contributed by atoms with Crippen LogP contribution in [0.5, 0.6) is 0 Å². The number of carbonyl (C=O) groups excluding carboxylic acids is 1. The molecule has 4 fully saturated rings. The van der Waals surface area contributed by atoms with Crippen molar-refractivity contribution in [3.63, 3.8) is 0 Å². The minimum atomic E-state index is -4.29. The first-order valence-corrected chi connectivity index (χ1v) is 21.8. The third-order valence-corrected chi connectivity index (χ3v) is 13.8. The van der Waals surface area contributed by atoms with Crippen LogP contribution in [0.25, 0.3) is 0 Å². The number of hydrogen-bond acceptors (Lipinski definition) is 2. The van der Waals surface area contributed by atoms with Gasteiger partial charge in [0.1, 0.15) is 0 Å². The Morgan fingerprint density at radius 2 is 1.03 bits per heavy atom. The van der Waals surface area contributed by atoms with Gasteiger partial charge in [-0.15, -0.1) is 0 Å². The maximum atomic E-state index is 13.5. The lowest BCUT2D eigenvalue weighted by Crippen LogP contribution is -2.53. The smallest absolute Gasteiger partial charge is 0.342 e. The summed E-state index contributed by atoms with van der Waals surface area (Å²) in [5, 5.41) is 0. The van der Waals surface area contributed by atoms with Gasteiger partial charge in [-0.3, -0.25) is 4.79 Å². The fraction of sp³-hybridized carbons (Fsp3) is 0.510. The van der Waals surface area contributed by atoms with Gasteiger partial charge in [-0.2, -0.15) is 26.3 Å². The zero-order chi connectivity index (χ0) is 41.5. The van der Waals surface area contributed by atoms with Crippen molar-refractivity contribution in [1.29, 1.82) is 0 Å². The summed E-state index contributed by atoms with van der Waals surface area (Å²) in [6, 6.07) is 32.3. The van der Waals surface area contributed by atoms with Crippen molar-refractivity contribution in [2.45, 2.75) is 121 Å². The van der Waals surface area contributed by atoms with E-state index in [1.165, 1.54) is 56.3 Å². The molecule has 2 saturated carbocycles. The predicted molar refractivity (Wildman–Crippen MR) is 229 cm³/mol. The van der Waals surface area contributed by atoms with Gasteiger partial charge in [-0.1, -0.05) is 105 Å². The van der Waals surface area contributed by atoms with Crippen LogP contribution in [-0.2, 0) is 40.8 Å². The monoisotopic (exact) mass is 832 g/mol. The molecule has 2 aliphatic carbocycles. The van der Waals surface area contributed by atoms with E-state index in [0.717, 1.165) is 113 Å². The number of alkyl halides is 6. The molecule has 2 aliphatic heterocycles. The molecular formula is C51H62F6N2O. The molecule has 4 aliphatic rings. The van der Waals surface area contributed by atoms with Gasteiger partial charge in [-0.05, 0) is 142 Å². The van der Waals surface area contributed by atoms with E-state index < -0.39 is 23.5 Å². The first-order valence-electron chi connectivity index (χ1n) is 21.8. The second-order valence-electron chi connectivity index (χ2n) is 17.8. The lowest BCUT2D eigenvalue weighted by atomic mass is 9.63. The van der Waals surface area contributed by atoms with Crippen molar-refractivity contribution in [3.8, 4) is 0 Å². The van der Waals surface area contributed by atoms with E-state index in [4.69, 9.17) is 0 Å². The van der Waals surface area contributed by atoms with E-state index in [0.29, 0.717) is 17.3 Å². The molecule has 2 heterocycles. The zero-order valence-corrected chi connectivity index (χ0v) is 34.1. The molecule has 2 saturated heterocycles. The van der Waals surface area contributed by atoms with E-state index in [1.807, 2.05) is 23.1 Å². The minimum Gasteiger partial charge on any atom is -0.342 e. The number of hydrogen-bond donors (Lipinski definition) is 0. The number of rotatable bonds is 11. The molecule has 3 nitrogen and oxygen atoms in total. The van der Waals surface area contributed by atoms with Crippen LogP contribution in [0.4, 0.5) is 26.3 Å². The molecule has 324 valence electrons. The van der Waals surface area contributed by atoms with Crippen molar-refractivity contribution >= 4 is 5.91 Å². The van der Waals surface area contributed by atoms with Gasteiger partial charge in [0.05, 0.1) is 16.5 Å². The number of carbonyl (C=O) groups is 1. The summed E-state index contributed by atoms with van der Waals surface area (Å²) in [7, 11) is 0. The summed E-state index contributed by atoms with van der Waals surface area (Å²) < 4.78 is 76.4. The third-order valence-electron chi connectivity index (χ3n) is 13.8. The summed E-state index contributed by atoms with van der Waals surface area (Å²) in [5.74, 6) is 1.30. The maximum Gasteiger partial charge on any atom is 0.416 e. The van der Waals surface area contributed by atoms with Crippen LogP contribution in [0.2, 0.25) is 0 Å².